The van der Waals surface area contributed by atoms with Gasteiger partial charge < -0.3 is 5.32 Å². The average Bonchev–Trinajstić information content (AvgIpc) is 3.41. The fourth-order valence-electron chi connectivity index (χ4n) is 3.57. The van der Waals surface area contributed by atoms with E-state index >= 15 is 0 Å². The van der Waals surface area contributed by atoms with Crippen molar-refractivity contribution in [2.75, 3.05) is 5.32 Å². The number of thiazole rings is 2. The van der Waals surface area contributed by atoms with Gasteiger partial charge >= 0.3 is 0 Å². The van der Waals surface area contributed by atoms with Crippen LogP contribution in [0.2, 0.25) is 0 Å². The molecule has 0 fully saturated rings. The predicted molar refractivity (Wildman–Crippen MR) is 130 cm³/mol. The van der Waals surface area contributed by atoms with Crippen LogP contribution in [0.1, 0.15) is 29.4 Å². The van der Waals surface area contributed by atoms with Crippen molar-refractivity contribution in [3.63, 3.8) is 0 Å². The molecular formula is C24H21N5S2. The lowest BCUT2D eigenvalue weighted by atomic mass is 10.0. The SMILES string of the molecule is Cc1nc(NC(C)c2cccc(-c3csc(C)n3)c2)cc(-c2ccc3ncsc3c2)n1. The predicted octanol–water partition coefficient (Wildman–Crippen LogP) is 6.67. The fourth-order valence-corrected chi connectivity index (χ4v) is 4.91. The Morgan fingerprint density at radius 2 is 1.74 bits per heavy atom. The van der Waals surface area contributed by atoms with Crippen LogP contribution in [0.25, 0.3) is 32.7 Å². The maximum atomic E-state index is 4.66. The fraction of sp³-hybridized carbons (Fsp3) is 0.167. The van der Waals surface area contributed by atoms with Gasteiger partial charge in [-0.3, -0.25) is 0 Å². The molecular weight excluding hydrogens is 422 g/mol. The van der Waals surface area contributed by atoms with Crippen molar-refractivity contribution in [2.24, 2.45) is 0 Å². The first-order valence-electron chi connectivity index (χ1n) is 10.0. The molecule has 3 heterocycles. The highest BCUT2D eigenvalue weighted by molar-refractivity contribution is 7.16. The highest BCUT2D eigenvalue weighted by Gasteiger charge is 2.12. The number of benzene rings is 2. The molecule has 5 rings (SSSR count). The first kappa shape index (κ1) is 19.8. The van der Waals surface area contributed by atoms with Crippen molar-refractivity contribution in [1.29, 1.82) is 0 Å². The Hall–Kier alpha value is -3.16. The molecule has 1 unspecified atom stereocenters. The van der Waals surface area contributed by atoms with E-state index in [0.29, 0.717) is 0 Å². The molecule has 154 valence electrons. The van der Waals surface area contributed by atoms with E-state index in [-0.39, 0.29) is 6.04 Å². The molecule has 0 aliphatic rings. The monoisotopic (exact) mass is 443 g/mol. The number of aryl methyl sites for hydroxylation is 2. The van der Waals surface area contributed by atoms with Crippen LogP contribution in [-0.4, -0.2) is 19.9 Å². The lowest BCUT2D eigenvalue weighted by Crippen LogP contribution is -2.09. The summed E-state index contributed by atoms with van der Waals surface area (Å²) in [6, 6.07) is 16.9. The third-order valence-corrected chi connectivity index (χ3v) is 6.70. The molecule has 0 radical (unpaired) electrons. The number of aromatic nitrogens is 4. The zero-order valence-corrected chi connectivity index (χ0v) is 19.1. The molecule has 5 nitrogen and oxygen atoms in total. The van der Waals surface area contributed by atoms with E-state index in [4.69, 9.17) is 0 Å². The minimum atomic E-state index is 0.0887. The van der Waals surface area contributed by atoms with Crippen LogP contribution in [-0.2, 0) is 0 Å². The second-order valence-corrected chi connectivity index (χ2v) is 9.41. The Kier molecular flexibility index (Phi) is 5.21. The van der Waals surface area contributed by atoms with Crippen LogP contribution in [0.3, 0.4) is 0 Å². The standard InChI is InChI=1S/C24H21N5S2/c1-14(17-5-4-6-18(9-17)22-12-30-16(3)29-22)26-24-11-21(27-15(2)28-24)19-7-8-20-23(10-19)31-13-25-20/h4-14H,1-3H3,(H,26,27,28). The van der Waals surface area contributed by atoms with Crippen molar-refractivity contribution in [3.8, 4) is 22.5 Å². The molecule has 1 N–H and O–H groups in total. The van der Waals surface area contributed by atoms with Gasteiger partial charge in [-0.25, -0.2) is 19.9 Å². The van der Waals surface area contributed by atoms with E-state index in [9.17, 15) is 0 Å². The normalized spacial score (nSPS) is 12.2. The number of hydrogen-bond donors (Lipinski definition) is 1. The molecule has 0 saturated carbocycles. The van der Waals surface area contributed by atoms with Gasteiger partial charge in [0.2, 0.25) is 0 Å². The van der Waals surface area contributed by atoms with Gasteiger partial charge in [0.25, 0.3) is 0 Å². The zero-order valence-electron chi connectivity index (χ0n) is 17.5. The number of anilines is 1. The van der Waals surface area contributed by atoms with Crippen molar-refractivity contribution < 1.29 is 0 Å². The Bertz CT molecular complexity index is 1370. The minimum Gasteiger partial charge on any atom is -0.363 e. The highest BCUT2D eigenvalue weighted by Crippen LogP contribution is 2.29. The molecule has 0 bridgehead atoms. The zero-order chi connectivity index (χ0) is 21.4. The van der Waals surface area contributed by atoms with Gasteiger partial charge in [0.05, 0.1) is 32.1 Å². The lowest BCUT2D eigenvalue weighted by Gasteiger charge is -2.17. The molecule has 0 spiro atoms. The van der Waals surface area contributed by atoms with Gasteiger partial charge in [-0.15, -0.1) is 22.7 Å². The second kappa shape index (κ2) is 8.17. The third-order valence-electron chi connectivity index (χ3n) is 5.13. The van der Waals surface area contributed by atoms with E-state index in [1.165, 1.54) is 5.56 Å². The van der Waals surface area contributed by atoms with Gasteiger partial charge in [0, 0.05) is 28.6 Å². The smallest absolute Gasteiger partial charge is 0.130 e. The van der Waals surface area contributed by atoms with Crippen molar-refractivity contribution in [1.82, 2.24) is 19.9 Å². The maximum absolute atomic E-state index is 4.66. The summed E-state index contributed by atoms with van der Waals surface area (Å²) in [5, 5.41) is 6.73. The Balaban J connectivity index is 1.42. The molecule has 0 amide bonds. The Morgan fingerprint density at radius 3 is 2.58 bits per heavy atom. The summed E-state index contributed by atoms with van der Waals surface area (Å²) in [7, 11) is 0. The summed E-state index contributed by atoms with van der Waals surface area (Å²) in [4.78, 5) is 18.3. The molecule has 3 aromatic heterocycles. The van der Waals surface area contributed by atoms with E-state index in [0.717, 1.165) is 49.4 Å². The van der Waals surface area contributed by atoms with Crippen molar-refractivity contribution in [2.45, 2.75) is 26.8 Å². The number of nitrogens with one attached hydrogen (secondary N) is 1. The van der Waals surface area contributed by atoms with Gasteiger partial charge in [-0.2, -0.15) is 0 Å². The Labute approximate surface area is 188 Å². The topological polar surface area (TPSA) is 63.6 Å². The van der Waals surface area contributed by atoms with E-state index in [2.05, 4.69) is 74.0 Å². The first-order chi connectivity index (χ1) is 15.0. The summed E-state index contributed by atoms with van der Waals surface area (Å²) in [6.07, 6.45) is 0. The summed E-state index contributed by atoms with van der Waals surface area (Å²) >= 11 is 3.31. The van der Waals surface area contributed by atoms with Gasteiger partial charge in [0.15, 0.2) is 0 Å². The molecule has 2 aromatic carbocycles. The van der Waals surface area contributed by atoms with Crippen LogP contribution in [0.4, 0.5) is 5.82 Å². The van der Waals surface area contributed by atoms with Crippen molar-refractivity contribution in [3.05, 3.63) is 75.8 Å². The van der Waals surface area contributed by atoms with E-state index in [1.807, 2.05) is 31.5 Å². The van der Waals surface area contributed by atoms with Gasteiger partial charge in [-0.05, 0) is 44.5 Å². The molecule has 0 aliphatic carbocycles. The second-order valence-electron chi connectivity index (χ2n) is 7.46. The van der Waals surface area contributed by atoms with Crippen LogP contribution in [0.5, 0.6) is 0 Å². The first-order valence-corrected chi connectivity index (χ1v) is 11.8. The van der Waals surface area contributed by atoms with Gasteiger partial charge in [0.1, 0.15) is 11.6 Å². The average molecular weight is 444 g/mol. The van der Waals surface area contributed by atoms with E-state index in [1.54, 1.807) is 22.7 Å². The summed E-state index contributed by atoms with van der Waals surface area (Å²) < 4.78 is 1.16. The number of rotatable bonds is 5. The maximum Gasteiger partial charge on any atom is 0.130 e. The molecule has 1 atom stereocenters. The molecule has 0 saturated heterocycles. The minimum absolute atomic E-state index is 0.0887. The highest BCUT2D eigenvalue weighted by atomic mass is 32.1. The number of nitrogens with zero attached hydrogens (tertiary/aromatic N) is 4. The third kappa shape index (κ3) is 4.19. The molecule has 31 heavy (non-hydrogen) atoms. The quantitative estimate of drug-likeness (QED) is 0.329. The van der Waals surface area contributed by atoms with Crippen LogP contribution < -0.4 is 5.32 Å². The summed E-state index contributed by atoms with van der Waals surface area (Å²) in [6.45, 7) is 6.10. The van der Waals surface area contributed by atoms with Crippen LogP contribution in [0.15, 0.2) is 59.4 Å². The molecule has 7 heteroatoms. The van der Waals surface area contributed by atoms with Crippen LogP contribution >= 0.6 is 22.7 Å². The van der Waals surface area contributed by atoms with Crippen molar-refractivity contribution >= 4 is 38.7 Å². The van der Waals surface area contributed by atoms with E-state index < -0.39 is 0 Å². The van der Waals surface area contributed by atoms with Gasteiger partial charge in [-0.1, -0.05) is 24.3 Å². The molecule has 0 aliphatic heterocycles. The number of fused-ring (bicyclic) bond motifs is 1. The number of hydrogen-bond acceptors (Lipinski definition) is 7. The lowest BCUT2D eigenvalue weighted by molar-refractivity contribution is 0.868. The summed E-state index contributed by atoms with van der Waals surface area (Å²) in [5.41, 5.74) is 8.20. The Morgan fingerprint density at radius 1 is 0.871 bits per heavy atom. The largest absolute Gasteiger partial charge is 0.363 e. The van der Waals surface area contributed by atoms with Crippen LogP contribution in [0, 0.1) is 13.8 Å². The summed E-state index contributed by atoms with van der Waals surface area (Å²) in [5.74, 6) is 1.55. The molecule has 5 aromatic rings.